The molecule has 0 spiro atoms. The zero-order valence-electron chi connectivity index (χ0n) is 8.24. The third-order valence-corrected chi connectivity index (χ3v) is 4.53. The fourth-order valence-electron chi connectivity index (χ4n) is 1.17. The van der Waals surface area contributed by atoms with E-state index in [-0.39, 0.29) is 0 Å². The summed E-state index contributed by atoms with van der Waals surface area (Å²) in [4.78, 5) is 5.53. The van der Waals surface area contributed by atoms with Gasteiger partial charge in [0.05, 0.1) is 10.8 Å². The molecule has 0 radical (unpaired) electrons. The Morgan fingerprint density at radius 3 is 2.87 bits per heavy atom. The summed E-state index contributed by atoms with van der Waals surface area (Å²) in [7, 11) is 0. The van der Waals surface area contributed by atoms with Crippen molar-refractivity contribution < 1.29 is 0 Å². The lowest BCUT2D eigenvalue weighted by atomic mass is 10.4. The first-order valence-corrected chi connectivity index (χ1v) is 6.78. The molecule has 2 rings (SSSR count). The molecule has 0 saturated heterocycles. The average Bonchev–Trinajstić information content (AvgIpc) is 2.63. The van der Waals surface area contributed by atoms with Gasteiger partial charge in [-0.25, -0.2) is 4.98 Å². The van der Waals surface area contributed by atoms with E-state index in [1.54, 1.807) is 23.1 Å². The quantitative estimate of drug-likeness (QED) is 0.754. The summed E-state index contributed by atoms with van der Waals surface area (Å²) in [6.07, 6.45) is 0. The molecule has 78 valence electrons. The van der Waals surface area contributed by atoms with Crippen LogP contribution < -0.4 is 0 Å². The molecule has 4 heteroatoms. The Labute approximate surface area is 103 Å². The first-order valence-electron chi connectivity index (χ1n) is 4.54. The van der Waals surface area contributed by atoms with Crippen LogP contribution in [0.1, 0.15) is 10.7 Å². The number of hydrogen-bond acceptors (Lipinski definition) is 3. The number of aromatic nitrogens is 1. The number of hydrogen-bond donors (Lipinski definition) is 0. The van der Waals surface area contributed by atoms with Crippen LogP contribution in [0.3, 0.4) is 0 Å². The second kappa shape index (κ2) is 5.01. The van der Waals surface area contributed by atoms with Gasteiger partial charge in [-0.05, 0) is 19.1 Å². The van der Waals surface area contributed by atoms with Crippen LogP contribution in [-0.4, -0.2) is 4.98 Å². The molecule has 1 aromatic heterocycles. The number of halogens is 1. The predicted molar refractivity (Wildman–Crippen MR) is 67.9 cm³/mol. The Kier molecular flexibility index (Phi) is 3.67. The van der Waals surface area contributed by atoms with E-state index in [1.165, 1.54) is 0 Å². The molecule has 1 nitrogen and oxygen atoms in total. The first kappa shape index (κ1) is 11.0. The highest BCUT2D eigenvalue weighted by molar-refractivity contribution is 7.98. The van der Waals surface area contributed by atoms with Gasteiger partial charge in [0.15, 0.2) is 0 Å². The number of nitrogens with zero attached hydrogens (tertiary/aromatic N) is 1. The molecule has 2 aromatic rings. The second-order valence-electron chi connectivity index (χ2n) is 3.10. The van der Waals surface area contributed by atoms with Crippen molar-refractivity contribution in [1.29, 1.82) is 0 Å². The lowest BCUT2D eigenvalue weighted by molar-refractivity contribution is 1.18. The van der Waals surface area contributed by atoms with E-state index in [0.717, 1.165) is 26.4 Å². The van der Waals surface area contributed by atoms with Gasteiger partial charge < -0.3 is 0 Å². The highest BCUT2D eigenvalue weighted by Crippen LogP contribution is 2.29. The van der Waals surface area contributed by atoms with Gasteiger partial charge in [-0.1, -0.05) is 23.7 Å². The van der Waals surface area contributed by atoms with Crippen molar-refractivity contribution in [2.24, 2.45) is 0 Å². The smallest absolute Gasteiger partial charge is 0.103 e. The Hall–Kier alpha value is -0.510. The summed E-state index contributed by atoms with van der Waals surface area (Å²) in [5, 5.41) is 4.04. The molecule has 0 atom stereocenters. The number of rotatable bonds is 3. The zero-order chi connectivity index (χ0) is 10.7. The molecule has 0 unspecified atom stereocenters. The van der Waals surface area contributed by atoms with Gasteiger partial charge in [-0.3, -0.25) is 0 Å². The molecule has 1 aromatic carbocycles. The number of thiazole rings is 1. The highest BCUT2D eigenvalue weighted by atomic mass is 35.5. The van der Waals surface area contributed by atoms with Gasteiger partial charge in [-0.15, -0.1) is 23.1 Å². The molecule has 0 aliphatic heterocycles. The summed E-state index contributed by atoms with van der Waals surface area (Å²) < 4.78 is 0. The van der Waals surface area contributed by atoms with Gasteiger partial charge in [0, 0.05) is 16.0 Å². The normalized spacial score (nSPS) is 10.5. The number of benzene rings is 1. The van der Waals surface area contributed by atoms with Crippen LogP contribution in [0.5, 0.6) is 0 Å². The van der Waals surface area contributed by atoms with Crippen LogP contribution >= 0.6 is 34.7 Å². The molecule has 0 aliphatic rings. The Balaban J connectivity index is 2.02. The van der Waals surface area contributed by atoms with Gasteiger partial charge in [0.2, 0.25) is 0 Å². The van der Waals surface area contributed by atoms with Gasteiger partial charge >= 0.3 is 0 Å². The van der Waals surface area contributed by atoms with E-state index in [0.29, 0.717) is 0 Å². The van der Waals surface area contributed by atoms with Gasteiger partial charge in [-0.2, -0.15) is 0 Å². The van der Waals surface area contributed by atoms with Crippen molar-refractivity contribution in [3.8, 4) is 0 Å². The summed E-state index contributed by atoms with van der Waals surface area (Å²) in [6.45, 7) is 2.01. The lowest BCUT2D eigenvalue weighted by Gasteiger charge is -2.01. The second-order valence-corrected chi connectivity index (χ2v) is 5.47. The zero-order valence-corrected chi connectivity index (χ0v) is 10.6. The maximum Gasteiger partial charge on any atom is 0.103 e. The largest absolute Gasteiger partial charge is 0.246 e. The predicted octanol–water partition coefficient (Wildman–Crippen LogP) is 4.40. The molecule has 0 amide bonds. The first-order chi connectivity index (χ1) is 7.25. The van der Waals surface area contributed by atoms with Crippen LogP contribution in [0.2, 0.25) is 5.02 Å². The third-order valence-electron chi connectivity index (χ3n) is 1.85. The van der Waals surface area contributed by atoms with Crippen molar-refractivity contribution >= 4 is 34.7 Å². The molecule has 0 bridgehead atoms. The van der Waals surface area contributed by atoms with E-state index >= 15 is 0 Å². The monoisotopic (exact) mass is 255 g/mol. The van der Waals surface area contributed by atoms with Crippen LogP contribution in [0.25, 0.3) is 0 Å². The van der Waals surface area contributed by atoms with Gasteiger partial charge in [0.25, 0.3) is 0 Å². The van der Waals surface area contributed by atoms with Crippen molar-refractivity contribution in [3.05, 3.63) is 45.4 Å². The van der Waals surface area contributed by atoms with Crippen molar-refractivity contribution in [3.63, 3.8) is 0 Å². The maximum absolute atomic E-state index is 6.06. The highest BCUT2D eigenvalue weighted by Gasteiger charge is 2.02. The molecular formula is C11H10ClNS2. The Bertz CT molecular complexity index is 453. The summed E-state index contributed by atoms with van der Waals surface area (Å²) in [5.74, 6) is 0.891. The van der Waals surface area contributed by atoms with E-state index in [4.69, 9.17) is 11.6 Å². The summed E-state index contributed by atoms with van der Waals surface area (Å²) in [5.41, 5.74) is 1.09. The van der Waals surface area contributed by atoms with Crippen LogP contribution in [-0.2, 0) is 5.75 Å². The topological polar surface area (TPSA) is 12.9 Å². The molecular weight excluding hydrogens is 246 g/mol. The molecule has 0 aliphatic carbocycles. The molecule has 15 heavy (non-hydrogen) atoms. The minimum absolute atomic E-state index is 0.816. The molecule has 0 N–H and O–H groups in total. The Morgan fingerprint density at radius 2 is 2.20 bits per heavy atom. The van der Waals surface area contributed by atoms with E-state index in [9.17, 15) is 0 Å². The number of thioether (sulfide) groups is 1. The van der Waals surface area contributed by atoms with E-state index in [2.05, 4.69) is 10.4 Å². The summed E-state index contributed by atoms with van der Waals surface area (Å²) >= 11 is 9.49. The number of aryl methyl sites for hydroxylation is 1. The molecule has 1 heterocycles. The lowest BCUT2D eigenvalue weighted by Crippen LogP contribution is -1.80. The molecule has 0 fully saturated rings. The van der Waals surface area contributed by atoms with Crippen LogP contribution in [0.15, 0.2) is 34.5 Å². The van der Waals surface area contributed by atoms with Crippen molar-refractivity contribution in [2.45, 2.75) is 17.6 Å². The third kappa shape index (κ3) is 2.97. The minimum atomic E-state index is 0.816. The fraction of sp³-hybridized carbons (Fsp3) is 0.182. The Morgan fingerprint density at radius 1 is 1.40 bits per heavy atom. The van der Waals surface area contributed by atoms with Gasteiger partial charge in [0.1, 0.15) is 5.01 Å². The van der Waals surface area contributed by atoms with Crippen molar-refractivity contribution in [1.82, 2.24) is 4.98 Å². The SMILES string of the molecule is Cc1csc(CSc2ccccc2Cl)n1. The van der Waals surface area contributed by atoms with Crippen LogP contribution in [0, 0.1) is 6.92 Å². The van der Waals surface area contributed by atoms with Crippen molar-refractivity contribution in [2.75, 3.05) is 0 Å². The standard InChI is InChI=1S/C11H10ClNS2/c1-8-6-15-11(13-8)7-14-10-5-3-2-4-9(10)12/h2-6H,7H2,1H3. The van der Waals surface area contributed by atoms with E-state index < -0.39 is 0 Å². The summed E-state index contributed by atoms with van der Waals surface area (Å²) in [6, 6.07) is 7.89. The molecule has 0 saturated carbocycles. The fourth-order valence-corrected chi connectivity index (χ4v) is 3.20. The average molecular weight is 256 g/mol. The maximum atomic E-state index is 6.06. The minimum Gasteiger partial charge on any atom is -0.246 e. The van der Waals surface area contributed by atoms with Crippen LogP contribution in [0.4, 0.5) is 0 Å². The van der Waals surface area contributed by atoms with E-state index in [1.807, 2.05) is 31.2 Å².